The van der Waals surface area contributed by atoms with Crippen molar-refractivity contribution in [1.82, 2.24) is 0 Å². The molecule has 0 radical (unpaired) electrons. The molecule has 0 aliphatic heterocycles. The largest absolute Gasteiger partial charge is 0.330 e. The summed E-state index contributed by atoms with van der Waals surface area (Å²) in [5, 5.41) is 0. The van der Waals surface area contributed by atoms with E-state index in [9.17, 15) is 0 Å². The zero-order chi connectivity index (χ0) is 5.98. The molecule has 0 aromatic heterocycles. The van der Waals surface area contributed by atoms with Gasteiger partial charge in [0.25, 0.3) is 0 Å². The van der Waals surface area contributed by atoms with Gasteiger partial charge in [0.15, 0.2) is 0 Å². The first kappa shape index (κ1) is 6.51. The summed E-state index contributed by atoms with van der Waals surface area (Å²) in [6.07, 6.45) is 4.05. The van der Waals surface area contributed by atoms with Crippen molar-refractivity contribution in [3.63, 3.8) is 0 Å². The Morgan fingerprint density at radius 1 is 1.50 bits per heavy atom. The minimum atomic E-state index is 0.831. The lowest BCUT2D eigenvalue weighted by Crippen LogP contribution is -2.10. The summed E-state index contributed by atoms with van der Waals surface area (Å²) in [5.41, 5.74) is 6.35. The van der Waals surface area contributed by atoms with Crippen molar-refractivity contribution in [2.45, 2.75) is 24.9 Å². The Balaban J connectivity index is 2.22. The van der Waals surface area contributed by atoms with Crippen molar-refractivity contribution < 1.29 is 0 Å². The molecule has 0 bridgehead atoms. The summed E-state index contributed by atoms with van der Waals surface area (Å²) >= 11 is 0. The van der Waals surface area contributed by atoms with Crippen LogP contribution in [0.1, 0.15) is 19.3 Å². The van der Waals surface area contributed by atoms with Gasteiger partial charge in [0, 0.05) is 0 Å². The van der Waals surface area contributed by atoms with E-state index in [1.165, 1.54) is 19.3 Å². The first-order valence-electron chi connectivity index (χ1n) is 3.28. The normalized spacial score (nSPS) is 38.2. The van der Waals surface area contributed by atoms with Gasteiger partial charge in [-0.05, 0) is 37.4 Å². The summed E-state index contributed by atoms with van der Waals surface area (Å²) in [6.45, 7) is 0.894. The fraction of sp³-hybridized carbons (Fsp3) is 1.00. The highest BCUT2D eigenvalue weighted by Gasteiger charge is 2.19. The van der Waals surface area contributed by atoms with Gasteiger partial charge in [-0.3, -0.25) is 0 Å². The monoisotopic (exact) mass is 131 g/mol. The molecule has 48 valence electrons. The van der Waals surface area contributed by atoms with Crippen molar-refractivity contribution in [2.75, 3.05) is 6.54 Å². The van der Waals surface area contributed by atoms with Crippen LogP contribution in [0.5, 0.6) is 0 Å². The fourth-order valence-corrected chi connectivity index (χ4v) is 1.91. The van der Waals surface area contributed by atoms with Crippen LogP contribution < -0.4 is 5.73 Å². The molecule has 0 saturated heterocycles. The van der Waals surface area contributed by atoms with Crippen LogP contribution in [0.15, 0.2) is 0 Å². The maximum Gasteiger partial charge on any atom is -0.00486 e. The van der Waals surface area contributed by atoms with E-state index in [4.69, 9.17) is 5.73 Å². The maximum absolute atomic E-state index is 5.49. The number of hydrogen-bond acceptors (Lipinski definition) is 1. The van der Waals surface area contributed by atoms with Crippen molar-refractivity contribution in [3.05, 3.63) is 0 Å². The van der Waals surface area contributed by atoms with E-state index < -0.39 is 0 Å². The van der Waals surface area contributed by atoms with Crippen molar-refractivity contribution in [1.29, 1.82) is 0 Å². The first-order valence-corrected chi connectivity index (χ1v) is 3.95. The molecule has 1 saturated carbocycles. The average molecular weight is 131 g/mol. The molecule has 1 aliphatic carbocycles. The van der Waals surface area contributed by atoms with Gasteiger partial charge in [-0.25, -0.2) is 0 Å². The zero-order valence-electron chi connectivity index (χ0n) is 5.14. The third kappa shape index (κ3) is 1.43. The molecular weight excluding hydrogens is 117 g/mol. The molecule has 0 heterocycles. The Kier molecular flexibility index (Phi) is 2.27. The molecule has 0 spiro atoms. The number of hydrogen-bond donors (Lipinski definition) is 1. The van der Waals surface area contributed by atoms with Crippen LogP contribution in [0.4, 0.5) is 0 Å². The van der Waals surface area contributed by atoms with E-state index in [1.54, 1.807) is 0 Å². The highest BCUT2D eigenvalue weighted by atomic mass is 31.0. The van der Waals surface area contributed by atoms with E-state index in [2.05, 4.69) is 9.24 Å². The van der Waals surface area contributed by atoms with Gasteiger partial charge in [0.1, 0.15) is 0 Å². The standard InChI is InChI=1S/C6H14NP/c7-4-5-1-2-6(8)3-5/h5-6H,1-4,7-8H2. The number of nitrogens with two attached hydrogens (primary N) is 1. The first-order chi connectivity index (χ1) is 3.83. The molecule has 1 fully saturated rings. The predicted molar refractivity (Wildman–Crippen MR) is 39.9 cm³/mol. The summed E-state index contributed by atoms with van der Waals surface area (Å²) in [7, 11) is 2.87. The molecule has 2 heteroatoms. The lowest BCUT2D eigenvalue weighted by molar-refractivity contribution is 0.563. The molecule has 1 aliphatic rings. The Morgan fingerprint density at radius 3 is 2.50 bits per heavy atom. The molecular formula is C6H14NP. The molecule has 3 unspecified atom stereocenters. The fourth-order valence-electron chi connectivity index (χ4n) is 1.33. The maximum atomic E-state index is 5.49. The third-order valence-corrected chi connectivity index (χ3v) is 2.52. The topological polar surface area (TPSA) is 26.0 Å². The zero-order valence-corrected chi connectivity index (χ0v) is 6.29. The van der Waals surface area contributed by atoms with E-state index >= 15 is 0 Å². The van der Waals surface area contributed by atoms with Crippen LogP contribution >= 0.6 is 9.24 Å². The SMILES string of the molecule is NCC1CCC(P)C1. The highest BCUT2D eigenvalue weighted by Crippen LogP contribution is 2.29. The van der Waals surface area contributed by atoms with Crippen molar-refractivity contribution in [3.8, 4) is 0 Å². The molecule has 0 aromatic rings. The summed E-state index contributed by atoms with van der Waals surface area (Å²) in [4.78, 5) is 0. The second-order valence-corrected chi connectivity index (χ2v) is 3.62. The van der Waals surface area contributed by atoms with Gasteiger partial charge in [0.2, 0.25) is 0 Å². The van der Waals surface area contributed by atoms with E-state index in [0.29, 0.717) is 0 Å². The molecule has 1 nitrogen and oxygen atoms in total. The summed E-state index contributed by atoms with van der Waals surface area (Å²) in [5.74, 6) is 0.831. The van der Waals surface area contributed by atoms with E-state index in [1.807, 2.05) is 0 Å². The summed E-state index contributed by atoms with van der Waals surface area (Å²) in [6, 6.07) is 0. The van der Waals surface area contributed by atoms with Crippen molar-refractivity contribution >= 4 is 9.24 Å². The number of rotatable bonds is 1. The molecule has 0 aromatic carbocycles. The highest BCUT2D eigenvalue weighted by molar-refractivity contribution is 7.17. The lowest BCUT2D eigenvalue weighted by Gasteiger charge is -2.02. The van der Waals surface area contributed by atoms with Crippen LogP contribution in [0, 0.1) is 5.92 Å². The van der Waals surface area contributed by atoms with Crippen LogP contribution in [0.25, 0.3) is 0 Å². The molecule has 2 N–H and O–H groups in total. The Bertz CT molecular complexity index is 74.9. The van der Waals surface area contributed by atoms with Gasteiger partial charge < -0.3 is 5.73 Å². The lowest BCUT2D eigenvalue weighted by atomic mass is 10.1. The Morgan fingerprint density at radius 2 is 2.25 bits per heavy atom. The summed E-state index contributed by atoms with van der Waals surface area (Å²) < 4.78 is 0. The van der Waals surface area contributed by atoms with E-state index in [-0.39, 0.29) is 0 Å². The average Bonchev–Trinajstić information content (AvgIpc) is 2.14. The molecule has 8 heavy (non-hydrogen) atoms. The van der Waals surface area contributed by atoms with Crippen LogP contribution in [-0.4, -0.2) is 12.2 Å². The van der Waals surface area contributed by atoms with Crippen LogP contribution in [-0.2, 0) is 0 Å². The molecule has 1 rings (SSSR count). The Labute approximate surface area is 53.2 Å². The predicted octanol–water partition coefficient (Wildman–Crippen LogP) is 0.989. The van der Waals surface area contributed by atoms with Crippen molar-refractivity contribution in [2.24, 2.45) is 11.7 Å². The molecule has 3 atom stereocenters. The smallest absolute Gasteiger partial charge is 0.00486 e. The Hall–Kier alpha value is 0.390. The van der Waals surface area contributed by atoms with Gasteiger partial charge in [-0.1, -0.05) is 0 Å². The van der Waals surface area contributed by atoms with Gasteiger partial charge in [0.05, 0.1) is 0 Å². The second-order valence-electron chi connectivity index (χ2n) is 2.67. The third-order valence-electron chi connectivity index (χ3n) is 1.92. The minimum Gasteiger partial charge on any atom is -0.330 e. The van der Waals surface area contributed by atoms with Crippen LogP contribution in [0.2, 0.25) is 0 Å². The second kappa shape index (κ2) is 2.80. The molecule has 0 amide bonds. The van der Waals surface area contributed by atoms with Gasteiger partial charge in [-0.2, -0.15) is 0 Å². The van der Waals surface area contributed by atoms with Crippen LogP contribution in [0.3, 0.4) is 0 Å². The van der Waals surface area contributed by atoms with Gasteiger partial charge in [-0.15, -0.1) is 9.24 Å². The minimum absolute atomic E-state index is 0.831. The van der Waals surface area contributed by atoms with E-state index in [0.717, 1.165) is 18.1 Å². The van der Waals surface area contributed by atoms with Gasteiger partial charge >= 0.3 is 0 Å². The quantitative estimate of drug-likeness (QED) is 0.527.